The van der Waals surface area contributed by atoms with Crippen molar-refractivity contribution in [2.75, 3.05) is 6.61 Å². The molecule has 0 unspecified atom stereocenters. The van der Waals surface area contributed by atoms with Crippen LogP contribution < -0.4 is 0 Å². The third-order valence-electron chi connectivity index (χ3n) is 2.87. The predicted molar refractivity (Wildman–Crippen MR) is 62.8 cm³/mol. The van der Waals surface area contributed by atoms with Crippen LogP contribution >= 0.6 is 11.3 Å². The van der Waals surface area contributed by atoms with Gasteiger partial charge in [0.15, 0.2) is 10.5 Å². The van der Waals surface area contributed by atoms with Gasteiger partial charge in [0.25, 0.3) is 0 Å². The summed E-state index contributed by atoms with van der Waals surface area (Å²) in [6, 6.07) is 0. The van der Waals surface area contributed by atoms with Crippen LogP contribution in [0.4, 0.5) is 0 Å². The van der Waals surface area contributed by atoms with Gasteiger partial charge in [-0.3, -0.25) is 4.79 Å². The van der Waals surface area contributed by atoms with Crippen molar-refractivity contribution < 1.29 is 9.53 Å². The molecule has 0 N–H and O–H groups in total. The zero-order chi connectivity index (χ0) is 11.9. The number of aromatic nitrogens is 3. The summed E-state index contributed by atoms with van der Waals surface area (Å²) in [7, 11) is 0. The minimum atomic E-state index is -0.511. The molecule has 1 aliphatic rings. The Hall–Kier alpha value is -1.56. The smallest absolute Gasteiger partial charge is 0.319 e. The van der Waals surface area contributed by atoms with Gasteiger partial charge in [0.2, 0.25) is 0 Å². The minimum Gasteiger partial charge on any atom is -0.465 e. The van der Waals surface area contributed by atoms with Crippen molar-refractivity contribution in [3.05, 3.63) is 17.4 Å². The summed E-state index contributed by atoms with van der Waals surface area (Å²) in [5.41, 5.74) is 0.103. The first-order chi connectivity index (χ1) is 8.26. The maximum Gasteiger partial charge on any atom is 0.319 e. The average Bonchev–Trinajstić information content (AvgIpc) is 3.03. The molecular weight excluding hydrogens is 238 g/mol. The third-order valence-corrected chi connectivity index (χ3v) is 4.03. The van der Waals surface area contributed by atoms with Crippen molar-refractivity contribution in [3.63, 3.8) is 0 Å². The second-order valence-corrected chi connectivity index (χ2v) is 4.98. The van der Waals surface area contributed by atoms with E-state index in [1.807, 2.05) is 6.92 Å². The Bertz CT molecular complexity index is 544. The maximum atomic E-state index is 11.9. The first-order valence-electron chi connectivity index (χ1n) is 5.51. The Morgan fingerprint density at radius 3 is 2.88 bits per heavy atom. The van der Waals surface area contributed by atoms with Crippen LogP contribution in [0.1, 0.15) is 24.8 Å². The van der Waals surface area contributed by atoms with Gasteiger partial charge in [-0.15, -0.1) is 0 Å². The van der Waals surface area contributed by atoms with Gasteiger partial charge in [-0.2, -0.15) is 0 Å². The van der Waals surface area contributed by atoms with Gasteiger partial charge in [-0.05, 0) is 19.8 Å². The molecule has 88 valence electrons. The van der Waals surface area contributed by atoms with Gasteiger partial charge in [0.1, 0.15) is 10.4 Å². The van der Waals surface area contributed by atoms with Gasteiger partial charge in [-0.25, -0.2) is 15.0 Å². The number of nitrogens with zero attached hydrogens (tertiary/aromatic N) is 3. The Morgan fingerprint density at radius 2 is 2.24 bits per heavy atom. The van der Waals surface area contributed by atoms with Crippen LogP contribution in [-0.2, 0) is 14.9 Å². The summed E-state index contributed by atoms with van der Waals surface area (Å²) < 4.78 is 5.11. The van der Waals surface area contributed by atoms with Crippen LogP contribution in [-0.4, -0.2) is 27.5 Å². The van der Waals surface area contributed by atoms with E-state index in [1.54, 1.807) is 12.4 Å². The van der Waals surface area contributed by atoms with E-state index in [4.69, 9.17) is 4.74 Å². The van der Waals surface area contributed by atoms with Crippen molar-refractivity contribution >= 4 is 27.8 Å². The lowest BCUT2D eigenvalue weighted by Gasteiger charge is -2.09. The van der Waals surface area contributed by atoms with Gasteiger partial charge in [0, 0.05) is 12.4 Å². The summed E-state index contributed by atoms with van der Waals surface area (Å²) >= 11 is 1.44. The first-order valence-corrected chi connectivity index (χ1v) is 6.33. The Labute approximate surface area is 102 Å². The van der Waals surface area contributed by atoms with Crippen molar-refractivity contribution in [2.24, 2.45) is 0 Å². The van der Waals surface area contributed by atoms with Crippen molar-refractivity contribution in [1.82, 2.24) is 15.0 Å². The summed E-state index contributed by atoms with van der Waals surface area (Å²) in [5.74, 6) is -0.168. The molecule has 0 bridgehead atoms. The van der Waals surface area contributed by atoms with Crippen LogP contribution in [0.15, 0.2) is 12.4 Å². The standard InChI is InChI=1S/C11H11N3O2S/c1-2-16-10(15)11(3-4-11)9-14-7-8(17-9)13-6-5-12-7/h5-6H,2-4H2,1H3. The molecule has 0 radical (unpaired) electrons. The second kappa shape index (κ2) is 3.73. The van der Waals surface area contributed by atoms with Crippen LogP contribution in [0.5, 0.6) is 0 Å². The van der Waals surface area contributed by atoms with E-state index in [1.165, 1.54) is 11.3 Å². The van der Waals surface area contributed by atoms with Gasteiger partial charge >= 0.3 is 5.97 Å². The highest BCUT2D eigenvalue weighted by molar-refractivity contribution is 7.18. The molecule has 0 spiro atoms. The molecule has 0 saturated heterocycles. The predicted octanol–water partition coefficient (Wildman–Crippen LogP) is 1.68. The maximum absolute atomic E-state index is 11.9. The number of thiazole rings is 1. The Kier molecular flexibility index (Phi) is 2.32. The number of hydrogen-bond acceptors (Lipinski definition) is 6. The molecule has 17 heavy (non-hydrogen) atoms. The molecule has 2 heterocycles. The van der Waals surface area contributed by atoms with E-state index < -0.39 is 5.41 Å². The molecule has 0 atom stereocenters. The van der Waals surface area contributed by atoms with Crippen LogP contribution in [0.25, 0.3) is 10.5 Å². The highest BCUT2D eigenvalue weighted by Gasteiger charge is 2.55. The normalized spacial score (nSPS) is 17.0. The van der Waals surface area contributed by atoms with Crippen molar-refractivity contribution in [1.29, 1.82) is 0 Å². The molecule has 5 nitrogen and oxygen atoms in total. The largest absolute Gasteiger partial charge is 0.465 e. The SMILES string of the molecule is CCOC(=O)C1(c2nc3nccnc3s2)CC1. The molecule has 2 aromatic heterocycles. The van der Waals surface area contributed by atoms with Crippen LogP contribution in [0.2, 0.25) is 0 Å². The van der Waals surface area contributed by atoms with E-state index in [-0.39, 0.29) is 5.97 Å². The van der Waals surface area contributed by atoms with Gasteiger partial charge < -0.3 is 4.74 Å². The van der Waals surface area contributed by atoms with Crippen LogP contribution in [0, 0.1) is 0 Å². The molecule has 1 fully saturated rings. The lowest BCUT2D eigenvalue weighted by atomic mass is 10.1. The van der Waals surface area contributed by atoms with Crippen LogP contribution in [0.3, 0.4) is 0 Å². The number of carbonyl (C=O) groups is 1. The van der Waals surface area contributed by atoms with E-state index in [9.17, 15) is 4.79 Å². The molecule has 0 aliphatic heterocycles. The fraction of sp³-hybridized carbons (Fsp3) is 0.455. The summed E-state index contributed by atoms with van der Waals surface area (Å²) in [4.78, 5) is 25.4. The summed E-state index contributed by atoms with van der Waals surface area (Å²) in [5, 5.41) is 0.789. The number of rotatable bonds is 3. The van der Waals surface area contributed by atoms with Crippen molar-refractivity contribution in [2.45, 2.75) is 25.2 Å². The molecule has 0 amide bonds. The molecule has 1 aliphatic carbocycles. The number of ether oxygens (including phenoxy) is 1. The van der Waals surface area contributed by atoms with Crippen molar-refractivity contribution in [3.8, 4) is 0 Å². The molecule has 2 aromatic rings. The first kappa shape index (κ1) is 10.6. The average molecular weight is 249 g/mol. The van der Waals surface area contributed by atoms with E-state index in [2.05, 4.69) is 15.0 Å². The summed E-state index contributed by atoms with van der Waals surface area (Å²) in [6.45, 7) is 2.22. The Balaban J connectivity index is 2.01. The van der Waals surface area contributed by atoms with Gasteiger partial charge in [-0.1, -0.05) is 11.3 Å². The minimum absolute atomic E-state index is 0.168. The fourth-order valence-electron chi connectivity index (χ4n) is 1.78. The lowest BCUT2D eigenvalue weighted by molar-refractivity contribution is -0.146. The monoisotopic (exact) mass is 249 g/mol. The lowest BCUT2D eigenvalue weighted by Crippen LogP contribution is -2.22. The highest BCUT2D eigenvalue weighted by atomic mass is 32.1. The zero-order valence-corrected chi connectivity index (χ0v) is 10.2. The van der Waals surface area contributed by atoms with Gasteiger partial charge in [0.05, 0.1) is 6.61 Å². The highest BCUT2D eigenvalue weighted by Crippen LogP contribution is 2.50. The summed E-state index contributed by atoms with van der Waals surface area (Å²) in [6.07, 6.45) is 4.86. The van der Waals surface area contributed by atoms with E-state index in [0.29, 0.717) is 12.3 Å². The number of carbonyl (C=O) groups excluding carboxylic acids is 1. The van der Waals surface area contributed by atoms with E-state index in [0.717, 1.165) is 22.7 Å². The number of esters is 1. The molecule has 6 heteroatoms. The second-order valence-electron chi connectivity index (χ2n) is 4.01. The molecule has 3 rings (SSSR count). The quantitative estimate of drug-likeness (QED) is 0.774. The topological polar surface area (TPSA) is 65.0 Å². The molecule has 1 saturated carbocycles. The number of fused-ring (bicyclic) bond motifs is 1. The third kappa shape index (κ3) is 1.59. The van der Waals surface area contributed by atoms with E-state index >= 15 is 0 Å². The Morgan fingerprint density at radius 1 is 1.47 bits per heavy atom. The fourth-order valence-corrected chi connectivity index (χ4v) is 2.88. The zero-order valence-electron chi connectivity index (χ0n) is 9.34. The number of hydrogen-bond donors (Lipinski definition) is 0. The molecule has 0 aromatic carbocycles. The molecular formula is C11H11N3O2S.